The van der Waals surface area contributed by atoms with Gasteiger partial charge >= 0.3 is 0 Å². The zero-order valence-electron chi connectivity index (χ0n) is 16.7. The Morgan fingerprint density at radius 3 is 2.62 bits per heavy atom. The number of aliphatic imine (C=N–C) groups is 1. The van der Waals surface area contributed by atoms with E-state index < -0.39 is 0 Å². The summed E-state index contributed by atoms with van der Waals surface area (Å²) < 4.78 is 1.93. The lowest BCUT2D eigenvalue weighted by Crippen LogP contribution is -2.38. The summed E-state index contributed by atoms with van der Waals surface area (Å²) in [5.41, 5.74) is 7.85. The maximum absolute atomic E-state index is 4.48. The molecule has 140 valence electrons. The molecule has 0 fully saturated rings. The Kier molecular flexibility index (Phi) is 5.64. The number of fused-ring (bicyclic) bond motifs is 1. The first-order valence-corrected chi connectivity index (χ1v) is 9.57. The van der Waals surface area contributed by atoms with E-state index in [-0.39, 0.29) is 6.04 Å². The normalized spacial score (nSPS) is 15.5. The van der Waals surface area contributed by atoms with E-state index in [1.165, 1.54) is 53.6 Å². The minimum atomic E-state index is 0.213. The summed E-state index contributed by atoms with van der Waals surface area (Å²) in [6.45, 7) is 7.07. The molecule has 5 heteroatoms. The predicted molar refractivity (Wildman–Crippen MR) is 108 cm³/mol. The van der Waals surface area contributed by atoms with Crippen molar-refractivity contribution in [3.05, 3.63) is 51.8 Å². The Morgan fingerprint density at radius 1 is 1.23 bits per heavy atom. The monoisotopic (exact) mass is 353 g/mol. The SMILES string of the molecule is CN=C(NCc1c(C)nn(C)c1C)NC(C)c1ccc2c(c1)CCCC2. The molecule has 0 aliphatic heterocycles. The van der Waals surface area contributed by atoms with Crippen LogP contribution in [0.25, 0.3) is 0 Å². The third-order valence-electron chi connectivity index (χ3n) is 5.54. The van der Waals surface area contributed by atoms with Crippen LogP contribution in [0.3, 0.4) is 0 Å². The van der Waals surface area contributed by atoms with E-state index in [2.05, 4.69) is 59.7 Å². The molecule has 1 aliphatic carbocycles. The molecule has 1 heterocycles. The largest absolute Gasteiger partial charge is 0.352 e. The van der Waals surface area contributed by atoms with Crippen LogP contribution in [0.5, 0.6) is 0 Å². The number of aryl methyl sites for hydroxylation is 4. The second kappa shape index (κ2) is 7.94. The van der Waals surface area contributed by atoms with Gasteiger partial charge in [0.05, 0.1) is 11.7 Å². The molecule has 0 spiro atoms. The lowest BCUT2D eigenvalue weighted by atomic mass is 9.89. The van der Waals surface area contributed by atoms with Gasteiger partial charge in [-0.05, 0) is 63.1 Å². The first-order valence-electron chi connectivity index (χ1n) is 9.57. The number of benzene rings is 1. The highest BCUT2D eigenvalue weighted by molar-refractivity contribution is 5.80. The zero-order chi connectivity index (χ0) is 18.7. The molecule has 0 bridgehead atoms. The Morgan fingerprint density at radius 2 is 1.96 bits per heavy atom. The predicted octanol–water partition coefficient (Wildman–Crippen LogP) is 3.34. The van der Waals surface area contributed by atoms with Gasteiger partial charge in [-0.15, -0.1) is 0 Å². The Hall–Kier alpha value is -2.30. The topological polar surface area (TPSA) is 54.2 Å². The van der Waals surface area contributed by atoms with Crippen LogP contribution in [-0.4, -0.2) is 22.8 Å². The summed E-state index contributed by atoms with van der Waals surface area (Å²) >= 11 is 0. The first-order chi connectivity index (χ1) is 12.5. The van der Waals surface area contributed by atoms with Crippen molar-refractivity contribution in [2.75, 3.05) is 7.05 Å². The highest BCUT2D eigenvalue weighted by Crippen LogP contribution is 2.24. The molecular weight excluding hydrogens is 322 g/mol. The van der Waals surface area contributed by atoms with Crippen molar-refractivity contribution in [1.29, 1.82) is 0 Å². The van der Waals surface area contributed by atoms with Gasteiger partial charge in [0.2, 0.25) is 0 Å². The molecule has 1 atom stereocenters. The van der Waals surface area contributed by atoms with E-state index in [0.29, 0.717) is 0 Å². The van der Waals surface area contributed by atoms with Crippen molar-refractivity contribution in [2.45, 2.75) is 59.0 Å². The van der Waals surface area contributed by atoms with Gasteiger partial charge in [0.1, 0.15) is 0 Å². The van der Waals surface area contributed by atoms with Gasteiger partial charge in [-0.3, -0.25) is 9.67 Å². The summed E-state index contributed by atoms with van der Waals surface area (Å²) in [5.74, 6) is 0.817. The summed E-state index contributed by atoms with van der Waals surface area (Å²) in [4.78, 5) is 4.39. The standard InChI is InChI=1S/C21H31N5/c1-14(18-11-10-17-8-6-7-9-19(17)12-18)24-21(22-4)23-13-20-15(2)25-26(5)16(20)3/h10-12,14H,6-9,13H2,1-5H3,(H2,22,23,24). The molecule has 26 heavy (non-hydrogen) atoms. The third-order valence-corrected chi connectivity index (χ3v) is 5.54. The van der Waals surface area contributed by atoms with Crippen molar-refractivity contribution < 1.29 is 0 Å². The molecule has 5 nitrogen and oxygen atoms in total. The molecule has 3 rings (SSSR count). The van der Waals surface area contributed by atoms with E-state index in [1.807, 2.05) is 18.8 Å². The number of hydrogen-bond donors (Lipinski definition) is 2. The van der Waals surface area contributed by atoms with Gasteiger partial charge in [0, 0.05) is 31.9 Å². The molecule has 1 aromatic heterocycles. The second-order valence-electron chi connectivity index (χ2n) is 7.30. The van der Waals surface area contributed by atoms with Crippen LogP contribution in [0.2, 0.25) is 0 Å². The summed E-state index contributed by atoms with van der Waals surface area (Å²) in [7, 11) is 3.80. The van der Waals surface area contributed by atoms with Crippen molar-refractivity contribution in [3.8, 4) is 0 Å². The summed E-state index contributed by atoms with van der Waals surface area (Å²) in [6, 6.07) is 7.14. The van der Waals surface area contributed by atoms with Gasteiger partial charge in [-0.1, -0.05) is 18.2 Å². The number of aromatic nitrogens is 2. The fraction of sp³-hybridized carbons (Fsp3) is 0.524. The van der Waals surface area contributed by atoms with Crippen molar-refractivity contribution in [1.82, 2.24) is 20.4 Å². The number of guanidine groups is 1. The van der Waals surface area contributed by atoms with Crippen LogP contribution in [-0.2, 0) is 26.4 Å². The molecule has 1 aromatic carbocycles. The Bertz CT molecular complexity index is 803. The summed E-state index contributed by atoms with van der Waals surface area (Å²) in [5, 5.41) is 11.4. The van der Waals surface area contributed by atoms with Crippen LogP contribution in [0, 0.1) is 13.8 Å². The number of nitrogens with one attached hydrogen (secondary N) is 2. The van der Waals surface area contributed by atoms with E-state index in [4.69, 9.17) is 0 Å². The zero-order valence-corrected chi connectivity index (χ0v) is 16.7. The van der Waals surface area contributed by atoms with Crippen LogP contribution in [0.4, 0.5) is 0 Å². The van der Waals surface area contributed by atoms with Gasteiger partial charge in [0.25, 0.3) is 0 Å². The first kappa shape index (κ1) is 18.5. The van der Waals surface area contributed by atoms with E-state index in [9.17, 15) is 0 Å². The molecular formula is C21H31N5. The molecule has 0 saturated carbocycles. The molecule has 2 aromatic rings. The lowest BCUT2D eigenvalue weighted by molar-refractivity contribution is 0.665. The highest BCUT2D eigenvalue weighted by Gasteiger charge is 2.14. The van der Waals surface area contributed by atoms with Crippen molar-refractivity contribution >= 4 is 5.96 Å². The fourth-order valence-corrected chi connectivity index (χ4v) is 3.75. The Labute approximate surface area is 156 Å². The number of rotatable bonds is 4. The minimum absolute atomic E-state index is 0.213. The smallest absolute Gasteiger partial charge is 0.191 e. The van der Waals surface area contributed by atoms with Gasteiger partial charge in [0.15, 0.2) is 5.96 Å². The maximum Gasteiger partial charge on any atom is 0.191 e. The van der Waals surface area contributed by atoms with Crippen molar-refractivity contribution in [2.24, 2.45) is 12.0 Å². The summed E-state index contributed by atoms with van der Waals surface area (Å²) in [6.07, 6.45) is 5.07. The quantitative estimate of drug-likeness (QED) is 0.655. The van der Waals surface area contributed by atoms with Crippen LogP contribution >= 0.6 is 0 Å². The number of hydrogen-bond acceptors (Lipinski definition) is 2. The highest BCUT2D eigenvalue weighted by atomic mass is 15.3. The molecule has 1 aliphatic rings. The molecule has 0 amide bonds. The minimum Gasteiger partial charge on any atom is -0.352 e. The fourth-order valence-electron chi connectivity index (χ4n) is 3.75. The average molecular weight is 354 g/mol. The third kappa shape index (κ3) is 3.92. The van der Waals surface area contributed by atoms with Gasteiger partial charge < -0.3 is 10.6 Å². The van der Waals surface area contributed by atoms with Gasteiger partial charge in [-0.2, -0.15) is 5.10 Å². The molecule has 2 N–H and O–H groups in total. The van der Waals surface area contributed by atoms with E-state index >= 15 is 0 Å². The average Bonchev–Trinajstić information content (AvgIpc) is 2.90. The van der Waals surface area contributed by atoms with Gasteiger partial charge in [-0.25, -0.2) is 0 Å². The van der Waals surface area contributed by atoms with E-state index in [0.717, 1.165) is 18.2 Å². The van der Waals surface area contributed by atoms with Crippen molar-refractivity contribution in [3.63, 3.8) is 0 Å². The molecule has 1 unspecified atom stereocenters. The number of nitrogens with zero attached hydrogens (tertiary/aromatic N) is 3. The lowest BCUT2D eigenvalue weighted by Gasteiger charge is -2.21. The Balaban J connectivity index is 1.64. The van der Waals surface area contributed by atoms with E-state index in [1.54, 1.807) is 0 Å². The van der Waals surface area contributed by atoms with Crippen LogP contribution < -0.4 is 10.6 Å². The maximum atomic E-state index is 4.48. The van der Waals surface area contributed by atoms with Crippen LogP contribution in [0.1, 0.15) is 59.4 Å². The second-order valence-corrected chi connectivity index (χ2v) is 7.30. The molecule has 0 radical (unpaired) electrons. The van der Waals surface area contributed by atoms with Crippen LogP contribution in [0.15, 0.2) is 23.2 Å². The molecule has 0 saturated heterocycles.